The zero-order valence-corrected chi connectivity index (χ0v) is 18.4. The van der Waals surface area contributed by atoms with Gasteiger partial charge in [-0.25, -0.2) is 0 Å². The van der Waals surface area contributed by atoms with Gasteiger partial charge in [0.15, 0.2) is 0 Å². The van der Waals surface area contributed by atoms with E-state index in [9.17, 15) is 9.79 Å². The van der Waals surface area contributed by atoms with E-state index in [2.05, 4.69) is 53.3 Å². The maximum atomic E-state index is 9.73. The number of hydrogen-bond donors (Lipinski definition) is 2. The Kier molecular flexibility index (Phi) is 7.83. The molecule has 2 N–H and O–H groups in total. The van der Waals surface area contributed by atoms with Crippen LogP contribution in [0.1, 0.15) is 38.5 Å². The summed E-state index contributed by atoms with van der Waals surface area (Å²) in [7, 11) is -1.79. The van der Waals surface area contributed by atoms with E-state index >= 15 is 0 Å². The van der Waals surface area contributed by atoms with E-state index in [1.54, 1.807) is 0 Å². The Labute approximate surface area is 135 Å². The Morgan fingerprint density at radius 2 is 1.14 bits per heavy atom. The van der Waals surface area contributed by atoms with Crippen LogP contribution in [0.15, 0.2) is 0 Å². The molecule has 0 radical (unpaired) electrons. The number of hydrogen-bond acceptors (Lipinski definition) is 2. The Hall–Kier alpha value is 1.21. The summed E-state index contributed by atoms with van der Waals surface area (Å²) in [5, 5.41) is 0.131. The van der Waals surface area contributed by atoms with Gasteiger partial charge in [0.25, 0.3) is 0 Å². The Morgan fingerprint density at radius 3 is 1.52 bits per heavy atom. The van der Waals surface area contributed by atoms with Crippen LogP contribution < -0.4 is 0 Å². The molecular formula is C16H41O2P3. The molecule has 0 saturated heterocycles. The van der Waals surface area contributed by atoms with Gasteiger partial charge in [0.1, 0.15) is 0 Å². The first-order valence-corrected chi connectivity index (χ1v) is 17.8. The van der Waals surface area contributed by atoms with E-state index in [1.165, 1.54) is 31.8 Å². The summed E-state index contributed by atoms with van der Waals surface area (Å²) in [6.07, 6.45) is 8.76. The van der Waals surface area contributed by atoms with Crippen molar-refractivity contribution >= 4 is 21.6 Å². The first kappa shape index (κ1) is 22.2. The molecule has 0 aliphatic carbocycles. The second-order valence-electron chi connectivity index (χ2n) is 10.7. The Morgan fingerprint density at radius 1 is 0.714 bits per heavy atom. The molecule has 21 heavy (non-hydrogen) atoms. The third-order valence-electron chi connectivity index (χ3n) is 3.97. The van der Waals surface area contributed by atoms with Gasteiger partial charge in [0.2, 0.25) is 0 Å². The van der Waals surface area contributed by atoms with Crippen LogP contribution in [0.3, 0.4) is 0 Å². The summed E-state index contributed by atoms with van der Waals surface area (Å²) in [4.78, 5) is 19.5. The van der Waals surface area contributed by atoms with Crippen molar-refractivity contribution in [2.45, 2.75) is 43.9 Å². The topological polar surface area (TPSA) is 40.5 Å². The third-order valence-corrected chi connectivity index (χ3v) is 12.9. The molecule has 0 amide bonds. The third kappa shape index (κ3) is 12.3. The second kappa shape index (κ2) is 7.40. The molecule has 0 spiro atoms. The normalized spacial score (nSPS) is 18.8. The molecule has 2 nitrogen and oxygen atoms in total. The molecule has 1 atom stereocenters. The van der Waals surface area contributed by atoms with Gasteiger partial charge in [-0.15, -0.1) is 0 Å². The molecule has 0 aromatic carbocycles. The van der Waals surface area contributed by atoms with E-state index < -0.39 is 21.6 Å². The molecule has 0 aromatic heterocycles. The van der Waals surface area contributed by atoms with Crippen molar-refractivity contribution in [3.63, 3.8) is 0 Å². The van der Waals surface area contributed by atoms with Crippen LogP contribution in [0.2, 0.25) is 0 Å². The van der Waals surface area contributed by atoms with Gasteiger partial charge in [-0.1, -0.05) is 0 Å². The van der Waals surface area contributed by atoms with Crippen molar-refractivity contribution in [3.05, 3.63) is 0 Å². The maximum absolute atomic E-state index is 9.73. The SMILES string of the molecule is CP(C)(C)(C)CCCCCCCC(P(O)O)P(C)(C)(C)C. The van der Waals surface area contributed by atoms with Crippen LogP contribution in [0.25, 0.3) is 0 Å². The van der Waals surface area contributed by atoms with Crippen molar-refractivity contribution in [2.75, 3.05) is 59.5 Å². The number of rotatable bonds is 10. The molecule has 0 saturated carbocycles. The van der Waals surface area contributed by atoms with Crippen LogP contribution in [-0.4, -0.2) is 74.7 Å². The van der Waals surface area contributed by atoms with Crippen molar-refractivity contribution in [1.29, 1.82) is 0 Å². The molecule has 1 unspecified atom stereocenters. The average Bonchev–Trinajstić information content (AvgIpc) is 2.15. The van der Waals surface area contributed by atoms with E-state index in [0.29, 0.717) is 0 Å². The number of unbranched alkanes of at least 4 members (excludes halogenated alkanes) is 4. The molecule has 0 aliphatic rings. The molecule has 0 fully saturated rings. The quantitative estimate of drug-likeness (QED) is 0.422. The van der Waals surface area contributed by atoms with Crippen LogP contribution in [-0.2, 0) is 0 Å². The fraction of sp³-hybridized carbons (Fsp3) is 1.00. The molecule has 132 valence electrons. The van der Waals surface area contributed by atoms with Crippen LogP contribution in [0, 0.1) is 0 Å². The first-order chi connectivity index (χ1) is 9.05. The van der Waals surface area contributed by atoms with Crippen molar-refractivity contribution in [1.82, 2.24) is 0 Å². The summed E-state index contributed by atoms with van der Waals surface area (Å²) >= 11 is 0. The van der Waals surface area contributed by atoms with Gasteiger partial charge in [0, 0.05) is 0 Å². The molecule has 0 heterocycles. The van der Waals surface area contributed by atoms with Gasteiger partial charge >= 0.3 is 135 Å². The molecule has 0 rings (SSSR count). The second-order valence-corrected chi connectivity index (χ2v) is 28.8. The standard InChI is InChI=1S/C16H41O2P3/c1-20(2,3,4)15-13-11-9-10-12-14-16(19(17)18)21(5,6,7)8/h16-18H,9-15H2,1-8H3. The average molecular weight is 358 g/mol. The predicted molar refractivity (Wildman–Crippen MR) is 109 cm³/mol. The molecule has 5 heteroatoms. The molecule has 0 bridgehead atoms. The van der Waals surface area contributed by atoms with E-state index in [1.807, 2.05) is 0 Å². The van der Waals surface area contributed by atoms with Crippen LogP contribution in [0.4, 0.5) is 0 Å². The van der Waals surface area contributed by atoms with Gasteiger partial charge in [0.05, 0.1) is 0 Å². The summed E-state index contributed by atoms with van der Waals surface area (Å²) in [5.74, 6) is 0. The first-order valence-electron chi connectivity index (χ1n) is 8.22. The molecule has 0 aromatic rings. The Balaban J connectivity index is 3.95. The summed E-state index contributed by atoms with van der Waals surface area (Å²) in [5.41, 5.74) is 0. The zero-order valence-electron chi connectivity index (χ0n) is 15.8. The van der Waals surface area contributed by atoms with E-state index in [4.69, 9.17) is 0 Å². The van der Waals surface area contributed by atoms with Crippen molar-refractivity contribution in [2.24, 2.45) is 0 Å². The van der Waals surface area contributed by atoms with E-state index in [-0.39, 0.29) is 5.40 Å². The van der Waals surface area contributed by atoms with Crippen molar-refractivity contribution in [3.8, 4) is 0 Å². The Bertz CT molecular complexity index is 305. The van der Waals surface area contributed by atoms with Gasteiger partial charge in [-0.05, 0) is 0 Å². The van der Waals surface area contributed by atoms with Gasteiger partial charge < -0.3 is 0 Å². The van der Waals surface area contributed by atoms with E-state index in [0.717, 1.165) is 12.8 Å². The van der Waals surface area contributed by atoms with Gasteiger partial charge in [-0.3, -0.25) is 0 Å². The summed E-state index contributed by atoms with van der Waals surface area (Å²) < 4.78 is 0. The minimum atomic E-state index is -1.89. The fourth-order valence-electron chi connectivity index (χ4n) is 2.65. The zero-order chi connectivity index (χ0) is 17.0. The molecule has 0 aliphatic heterocycles. The summed E-state index contributed by atoms with van der Waals surface area (Å²) in [6.45, 7) is 15.6. The molecular weight excluding hydrogens is 317 g/mol. The predicted octanol–water partition coefficient (Wildman–Crippen LogP) is 5.09. The minimum absolute atomic E-state index is 0.131. The van der Waals surface area contributed by atoms with Gasteiger partial charge in [-0.2, -0.15) is 0 Å². The van der Waals surface area contributed by atoms with Crippen LogP contribution >= 0.6 is 21.6 Å². The van der Waals surface area contributed by atoms with Crippen LogP contribution in [0.5, 0.6) is 0 Å². The monoisotopic (exact) mass is 358 g/mol. The summed E-state index contributed by atoms with van der Waals surface area (Å²) in [6, 6.07) is 0. The van der Waals surface area contributed by atoms with Crippen molar-refractivity contribution < 1.29 is 9.79 Å². The fourth-order valence-corrected chi connectivity index (χ4v) is 9.07.